The SMILES string of the molecule is BC(=O)CCC(C)(C)CC(C)(C)C(C)=O. The monoisotopic (exact) mass is 210 g/mol. The molecule has 0 rings (SSSR count). The number of carbonyl (C=O) groups is 2. The highest BCUT2D eigenvalue weighted by Crippen LogP contribution is 2.37. The summed E-state index contributed by atoms with van der Waals surface area (Å²) in [6.07, 6.45) is 2.31. The van der Waals surface area contributed by atoms with E-state index in [1.807, 2.05) is 13.8 Å². The zero-order chi connectivity index (χ0) is 12.3. The van der Waals surface area contributed by atoms with E-state index >= 15 is 0 Å². The van der Waals surface area contributed by atoms with E-state index in [-0.39, 0.29) is 22.3 Å². The molecule has 0 radical (unpaired) electrons. The Hall–Kier alpha value is -0.595. The minimum absolute atomic E-state index is 0.0564. The molecule has 0 aliphatic carbocycles. The molecule has 3 heteroatoms. The molecule has 0 atom stereocenters. The van der Waals surface area contributed by atoms with Gasteiger partial charge in [0, 0.05) is 5.41 Å². The quantitative estimate of drug-likeness (QED) is 0.628. The van der Waals surface area contributed by atoms with Gasteiger partial charge in [-0.1, -0.05) is 27.7 Å². The number of rotatable bonds is 6. The van der Waals surface area contributed by atoms with Crippen LogP contribution in [0.4, 0.5) is 0 Å². The molecule has 0 amide bonds. The predicted molar refractivity (Wildman–Crippen MR) is 65.6 cm³/mol. The average molecular weight is 210 g/mol. The molecular weight excluding hydrogens is 187 g/mol. The van der Waals surface area contributed by atoms with Gasteiger partial charge < -0.3 is 4.79 Å². The lowest BCUT2D eigenvalue weighted by molar-refractivity contribution is -0.126. The molecule has 86 valence electrons. The smallest absolute Gasteiger partial charge is 0.187 e. The molecule has 0 saturated carbocycles. The van der Waals surface area contributed by atoms with Crippen molar-refractivity contribution in [2.24, 2.45) is 10.8 Å². The van der Waals surface area contributed by atoms with Gasteiger partial charge in [0.15, 0.2) is 7.85 Å². The van der Waals surface area contributed by atoms with Crippen molar-refractivity contribution in [1.82, 2.24) is 0 Å². The summed E-state index contributed by atoms with van der Waals surface area (Å²) >= 11 is 0. The van der Waals surface area contributed by atoms with Crippen LogP contribution in [-0.4, -0.2) is 19.3 Å². The highest BCUT2D eigenvalue weighted by atomic mass is 16.1. The third-order valence-electron chi connectivity index (χ3n) is 3.03. The molecule has 0 bridgehead atoms. The summed E-state index contributed by atoms with van der Waals surface area (Å²) in [6.45, 7) is 9.85. The molecule has 0 aromatic heterocycles. The molecule has 0 aliphatic rings. The van der Waals surface area contributed by atoms with Gasteiger partial charge in [-0.15, -0.1) is 0 Å². The van der Waals surface area contributed by atoms with Gasteiger partial charge in [0.1, 0.15) is 5.78 Å². The zero-order valence-corrected chi connectivity index (χ0v) is 10.9. The van der Waals surface area contributed by atoms with E-state index in [2.05, 4.69) is 13.8 Å². The van der Waals surface area contributed by atoms with Crippen LogP contribution in [0.3, 0.4) is 0 Å². The minimum atomic E-state index is -0.277. The van der Waals surface area contributed by atoms with E-state index in [1.54, 1.807) is 14.8 Å². The molecule has 0 aliphatic heterocycles. The minimum Gasteiger partial charge on any atom is -0.312 e. The maximum absolute atomic E-state index is 11.4. The Morgan fingerprint density at radius 2 is 1.60 bits per heavy atom. The highest BCUT2D eigenvalue weighted by molar-refractivity contribution is 6.57. The van der Waals surface area contributed by atoms with E-state index in [0.29, 0.717) is 6.42 Å². The topological polar surface area (TPSA) is 34.1 Å². The number of ketones is 1. The second-order valence-electron chi connectivity index (χ2n) is 5.98. The third kappa shape index (κ3) is 5.76. The van der Waals surface area contributed by atoms with Crippen LogP contribution in [0, 0.1) is 10.8 Å². The van der Waals surface area contributed by atoms with Crippen molar-refractivity contribution >= 4 is 19.3 Å². The Balaban J connectivity index is 4.36. The van der Waals surface area contributed by atoms with Gasteiger partial charge in [0.05, 0.1) is 5.68 Å². The lowest BCUT2D eigenvalue weighted by atomic mass is 9.70. The van der Waals surface area contributed by atoms with E-state index in [9.17, 15) is 9.59 Å². The molecule has 0 unspecified atom stereocenters. The number of Topliss-reactive ketones (excluding diaryl/α,β-unsaturated/α-hetero) is 1. The van der Waals surface area contributed by atoms with Crippen molar-refractivity contribution in [2.75, 3.05) is 0 Å². The largest absolute Gasteiger partial charge is 0.312 e. The summed E-state index contributed by atoms with van der Waals surface area (Å²) in [7, 11) is 1.62. The van der Waals surface area contributed by atoms with Gasteiger partial charge in [-0.05, 0) is 31.6 Å². The fourth-order valence-electron chi connectivity index (χ4n) is 1.92. The lowest BCUT2D eigenvalue weighted by Gasteiger charge is -2.33. The van der Waals surface area contributed by atoms with Crippen LogP contribution >= 0.6 is 0 Å². The van der Waals surface area contributed by atoms with Crippen molar-refractivity contribution in [3.05, 3.63) is 0 Å². The van der Waals surface area contributed by atoms with Crippen molar-refractivity contribution in [2.45, 2.75) is 53.9 Å². The maximum atomic E-state index is 11.4. The fourth-order valence-corrected chi connectivity index (χ4v) is 1.92. The zero-order valence-electron chi connectivity index (χ0n) is 10.9. The summed E-state index contributed by atoms with van der Waals surface area (Å²) < 4.78 is 0. The summed E-state index contributed by atoms with van der Waals surface area (Å²) in [6, 6.07) is 0. The van der Waals surface area contributed by atoms with Crippen molar-refractivity contribution in [3.63, 3.8) is 0 Å². The van der Waals surface area contributed by atoms with Crippen LogP contribution in [0.15, 0.2) is 0 Å². The molecule has 15 heavy (non-hydrogen) atoms. The molecule has 0 aromatic rings. The van der Waals surface area contributed by atoms with Gasteiger partial charge in [-0.2, -0.15) is 0 Å². The first-order valence-electron chi connectivity index (χ1n) is 5.57. The second-order valence-corrected chi connectivity index (χ2v) is 5.98. The Morgan fingerprint density at radius 3 is 1.93 bits per heavy atom. The van der Waals surface area contributed by atoms with E-state index in [1.165, 1.54) is 0 Å². The molecule has 0 N–H and O–H groups in total. The Labute approximate surface area is 94.2 Å². The number of carbonyl (C=O) groups excluding carboxylic acids is 2. The van der Waals surface area contributed by atoms with E-state index in [0.717, 1.165) is 12.8 Å². The Kier molecular flexibility index (Phi) is 4.76. The summed E-state index contributed by atoms with van der Waals surface area (Å²) in [4.78, 5) is 22.3. The van der Waals surface area contributed by atoms with E-state index < -0.39 is 0 Å². The molecule has 0 aromatic carbocycles. The van der Waals surface area contributed by atoms with Gasteiger partial charge in [0.2, 0.25) is 0 Å². The van der Waals surface area contributed by atoms with Gasteiger partial charge in [-0.25, -0.2) is 0 Å². The van der Waals surface area contributed by atoms with Crippen LogP contribution in [0.2, 0.25) is 0 Å². The summed E-state index contributed by atoms with van der Waals surface area (Å²) in [5.74, 6) is 0.221. The second kappa shape index (κ2) is 4.95. The van der Waals surface area contributed by atoms with Gasteiger partial charge >= 0.3 is 0 Å². The first-order chi connectivity index (χ1) is 6.57. The van der Waals surface area contributed by atoms with Crippen molar-refractivity contribution < 1.29 is 9.59 Å². The first-order valence-corrected chi connectivity index (χ1v) is 5.57. The van der Waals surface area contributed by atoms with Crippen molar-refractivity contribution in [3.8, 4) is 0 Å². The molecule has 0 spiro atoms. The standard InChI is InChI=1S/C12H23BO2/c1-9(14)12(4,5)8-11(2,3)7-6-10(13)15/h6-8,13H2,1-5H3. The van der Waals surface area contributed by atoms with E-state index in [4.69, 9.17) is 0 Å². The van der Waals surface area contributed by atoms with Gasteiger partial charge in [0.25, 0.3) is 0 Å². The molecule has 0 heterocycles. The van der Waals surface area contributed by atoms with Crippen molar-refractivity contribution in [1.29, 1.82) is 0 Å². The van der Waals surface area contributed by atoms with Crippen LogP contribution < -0.4 is 0 Å². The Morgan fingerprint density at radius 1 is 1.13 bits per heavy atom. The van der Waals surface area contributed by atoms with Crippen LogP contribution in [0.25, 0.3) is 0 Å². The normalized spacial score (nSPS) is 12.6. The molecule has 2 nitrogen and oxygen atoms in total. The molecular formula is C12H23BO2. The van der Waals surface area contributed by atoms with Crippen LogP contribution in [0.5, 0.6) is 0 Å². The third-order valence-corrected chi connectivity index (χ3v) is 3.03. The number of hydrogen-bond acceptors (Lipinski definition) is 2. The Bertz CT molecular complexity index is 254. The van der Waals surface area contributed by atoms with Gasteiger partial charge in [-0.3, -0.25) is 4.79 Å². The fraction of sp³-hybridized carbons (Fsp3) is 0.833. The lowest BCUT2D eigenvalue weighted by Crippen LogP contribution is -2.29. The summed E-state index contributed by atoms with van der Waals surface area (Å²) in [5.41, 5.74) is 0.00455. The van der Waals surface area contributed by atoms with Crippen LogP contribution in [0.1, 0.15) is 53.9 Å². The highest BCUT2D eigenvalue weighted by Gasteiger charge is 2.32. The molecule has 0 saturated heterocycles. The first kappa shape index (κ1) is 14.4. The number of hydrogen-bond donors (Lipinski definition) is 0. The summed E-state index contributed by atoms with van der Waals surface area (Å²) in [5, 5.41) is 0. The molecule has 0 fully saturated rings. The van der Waals surface area contributed by atoms with Crippen LogP contribution in [-0.2, 0) is 9.59 Å². The predicted octanol–water partition coefficient (Wildman–Crippen LogP) is 1.96. The average Bonchev–Trinajstić information content (AvgIpc) is 1.99. The maximum Gasteiger partial charge on any atom is 0.187 e.